The van der Waals surface area contributed by atoms with Crippen molar-refractivity contribution in [3.8, 4) is 0 Å². The van der Waals surface area contributed by atoms with Crippen LogP contribution in [0.5, 0.6) is 0 Å². The number of hydrogen-bond acceptors (Lipinski definition) is 4. The molecule has 0 bridgehead atoms. The summed E-state index contributed by atoms with van der Waals surface area (Å²) in [4.78, 5) is 23.6. The van der Waals surface area contributed by atoms with E-state index in [9.17, 15) is 9.59 Å². The minimum Gasteiger partial charge on any atom is -0.464 e. The molecule has 0 spiro atoms. The molecule has 0 saturated heterocycles. The smallest absolute Gasteiger partial charge is 0.407 e. The van der Waals surface area contributed by atoms with E-state index in [1.807, 2.05) is 13.8 Å². The minimum absolute atomic E-state index is 0.283. The standard InChI is InChI=1S/C24H47NO4/c1-5-6-7-8-9-10-11-12-13-14-15-16-17-18-19-29-23(26)22(20-21(2)3)25-24(27)28-4/h21-22H,5-20H2,1-4H3,(H,25,27)/t22-/m0/s1. The van der Waals surface area contributed by atoms with E-state index in [2.05, 4.69) is 17.0 Å². The number of esters is 1. The van der Waals surface area contributed by atoms with Crippen LogP contribution in [0.25, 0.3) is 0 Å². The lowest BCUT2D eigenvalue weighted by Crippen LogP contribution is -2.42. The highest BCUT2D eigenvalue weighted by Crippen LogP contribution is 2.13. The number of ether oxygens (including phenoxy) is 2. The summed E-state index contributed by atoms with van der Waals surface area (Å²) in [6.07, 6.45) is 18.2. The molecule has 0 aliphatic carbocycles. The highest BCUT2D eigenvalue weighted by atomic mass is 16.5. The van der Waals surface area contributed by atoms with Gasteiger partial charge in [-0.3, -0.25) is 0 Å². The molecular formula is C24H47NO4. The Kier molecular flexibility index (Phi) is 19.2. The van der Waals surface area contributed by atoms with Crippen molar-refractivity contribution in [2.24, 2.45) is 5.92 Å². The van der Waals surface area contributed by atoms with Gasteiger partial charge >= 0.3 is 12.1 Å². The Morgan fingerprint density at radius 3 is 1.62 bits per heavy atom. The summed E-state index contributed by atoms with van der Waals surface area (Å²) in [6, 6.07) is -0.630. The van der Waals surface area contributed by atoms with E-state index < -0.39 is 12.1 Å². The third-order valence-electron chi connectivity index (χ3n) is 5.21. The molecule has 0 aromatic heterocycles. The summed E-state index contributed by atoms with van der Waals surface area (Å²) >= 11 is 0. The van der Waals surface area contributed by atoms with Crippen molar-refractivity contribution in [1.29, 1.82) is 0 Å². The highest BCUT2D eigenvalue weighted by molar-refractivity contribution is 5.81. The van der Waals surface area contributed by atoms with E-state index in [0.717, 1.165) is 12.8 Å². The summed E-state index contributed by atoms with van der Waals surface area (Å²) in [5.41, 5.74) is 0. The van der Waals surface area contributed by atoms with Gasteiger partial charge in [-0.15, -0.1) is 0 Å². The molecule has 0 saturated carbocycles. The van der Waals surface area contributed by atoms with Crippen molar-refractivity contribution in [1.82, 2.24) is 5.32 Å². The lowest BCUT2D eigenvalue weighted by atomic mass is 10.0. The van der Waals surface area contributed by atoms with Crippen molar-refractivity contribution in [3.05, 3.63) is 0 Å². The van der Waals surface area contributed by atoms with Gasteiger partial charge in [0.2, 0.25) is 0 Å². The average Bonchev–Trinajstić information content (AvgIpc) is 2.69. The van der Waals surface area contributed by atoms with Crippen LogP contribution in [-0.2, 0) is 14.3 Å². The van der Waals surface area contributed by atoms with E-state index in [0.29, 0.717) is 13.0 Å². The molecule has 172 valence electrons. The van der Waals surface area contributed by atoms with Crippen molar-refractivity contribution in [3.63, 3.8) is 0 Å². The Morgan fingerprint density at radius 2 is 1.21 bits per heavy atom. The molecule has 0 heterocycles. The normalized spacial score (nSPS) is 12.0. The van der Waals surface area contributed by atoms with Gasteiger partial charge in [0, 0.05) is 0 Å². The quantitative estimate of drug-likeness (QED) is 0.187. The van der Waals surface area contributed by atoms with E-state index in [1.165, 1.54) is 84.2 Å². The van der Waals surface area contributed by atoms with Gasteiger partial charge in [0.15, 0.2) is 0 Å². The second-order valence-corrected chi connectivity index (χ2v) is 8.58. The molecule has 0 unspecified atom stereocenters. The van der Waals surface area contributed by atoms with Gasteiger partial charge in [-0.2, -0.15) is 0 Å². The first kappa shape index (κ1) is 27.7. The zero-order valence-electron chi connectivity index (χ0n) is 19.6. The number of methoxy groups -OCH3 is 1. The van der Waals surface area contributed by atoms with Crippen LogP contribution in [0.4, 0.5) is 4.79 Å². The lowest BCUT2D eigenvalue weighted by molar-refractivity contribution is -0.146. The fraction of sp³-hybridized carbons (Fsp3) is 0.917. The zero-order chi connectivity index (χ0) is 21.7. The number of alkyl carbamates (subject to hydrolysis) is 1. The Morgan fingerprint density at radius 1 is 0.759 bits per heavy atom. The predicted octanol–water partition coefficient (Wildman–Crippen LogP) is 6.78. The van der Waals surface area contributed by atoms with Crippen LogP contribution < -0.4 is 5.32 Å². The summed E-state index contributed by atoms with van der Waals surface area (Å²) in [7, 11) is 1.29. The van der Waals surface area contributed by atoms with Gasteiger partial charge in [-0.05, 0) is 18.8 Å². The van der Waals surface area contributed by atoms with Gasteiger partial charge in [0.05, 0.1) is 13.7 Å². The maximum Gasteiger partial charge on any atom is 0.407 e. The van der Waals surface area contributed by atoms with Crippen molar-refractivity contribution < 1.29 is 19.1 Å². The molecule has 0 aliphatic rings. The molecule has 5 heteroatoms. The Balaban J connectivity index is 3.56. The third kappa shape index (κ3) is 18.5. The Hall–Kier alpha value is -1.26. The van der Waals surface area contributed by atoms with Crippen molar-refractivity contribution in [2.45, 2.75) is 123 Å². The summed E-state index contributed by atoms with van der Waals surface area (Å²) in [5, 5.41) is 2.56. The number of amides is 1. The number of carbonyl (C=O) groups is 2. The largest absolute Gasteiger partial charge is 0.464 e. The predicted molar refractivity (Wildman–Crippen MR) is 120 cm³/mol. The Labute approximate surface area is 179 Å². The van der Waals surface area contributed by atoms with Crippen LogP contribution in [0.1, 0.15) is 117 Å². The molecule has 1 N–H and O–H groups in total. The number of nitrogens with one attached hydrogen (secondary N) is 1. The van der Waals surface area contributed by atoms with Crippen LogP contribution in [0.15, 0.2) is 0 Å². The van der Waals surface area contributed by atoms with Crippen LogP contribution in [0.3, 0.4) is 0 Å². The zero-order valence-corrected chi connectivity index (χ0v) is 19.6. The number of unbranched alkanes of at least 4 members (excludes halogenated alkanes) is 13. The molecule has 1 amide bonds. The molecule has 0 radical (unpaired) electrons. The van der Waals surface area contributed by atoms with Gasteiger partial charge < -0.3 is 14.8 Å². The van der Waals surface area contributed by atoms with E-state index >= 15 is 0 Å². The van der Waals surface area contributed by atoms with Gasteiger partial charge in [-0.1, -0.05) is 104 Å². The molecule has 0 fully saturated rings. The summed E-state index contributed by atoms with van der Waals surface area (Å²) in [6.45, 7) is 6.70. The third-order valence-corrected chi connectivity index (χ3v) is 5.21. The molecule has 29 heavy (non-hydrogen) atoms. The number of rotatable bonds is 19. The van der Waals surface area contributed by atoms with Gasteiger partial charge in [-0.25, -0.2) is 9.59 Å². The molecular weight excluding hydrogens is 366 g/mol. The fourth-order valence-electron chi connectivity index (χ4n) is 3.46. The molecule has 0 aromatic carbocycles. The second-order valence-electron chi connectivity index (χ2n) is 8.58. The minimum atomic E-state index is -0.630. The van der Waals surface area contributed by atoms with Gasteiger partial charge in [0.25, 0.3) is 0 Å². The summed E-state index contributed by atoms with van der Waals surface area (Å²) in [5.74, 6) is -0.0791. The maximum atomic E-state index is 12.2. The first-order valence-electron chi connectivity index (χ1n) is 12.0. The molecule has 0 aliphatic heterocycles. The topological polar surface area (TPSA) is 64.6 Å². The van der Waals surface area contributed by atoms with E-state index in [1.54, 1.807) is 0 Å². The van der Waals surface area contributed by atoms with E-state index in [-0.39, 0.29) is 11.9 Å². The van der Waals surface area contributed by atoms with Crippen LogP contribution in [0.2, 0.25) is 0 Å². The highest BCUT2D eigenvalue weighted by Gasteiger charge is 2.23. The summed E-state index contributed by atoms with van der Waals surface area (Å²) < 4.78 is 9.93. The van der Waals surface area contributed by atoms with Crippen LogP contribution >= 0.6 is 0 Å². The second kappa shape index (κ2) is 20.0. The van der Waals surface area contributed by atoms with Crippen LogP contribution in [-0.4, -0.2) is 31.8 Å². The maximum absolute atomic E-state index is 12.2. The molecule has 5 nitrogen and oxygen atoms in total. The number of carbonyl (C=O) groups excluding carboxylic acids is 2. The van der Waals surface area contributed by atoms with E-state index in [4.69, 9.17) is 4.74 Å². The first-order chi connectivity index (χ1) is 14.0. The van der Waals surface area contributed by atoms with Crippen molar-refractivity contribution >= 4 is 12.1 Å². The molecule has 1 atom stereocenters. The molecule has 0 rings (SSSR count). The molecule has 0 aromatic rings. The SMILES string of the molecule is CCCCCCCCCCCCCCCCOC(=O)[C@H](CC(C)C)NC(=O)OC. The lowest BCUT2D eigenvalue weighted by Gasteiger charge is -2.18. The number of hydrogen-bond donors (Lipinski definition) is 1. The monoisotopic (exact) mass is 413 g/mol. The van der Waals surface area contributed by atoms with Crippen LogP contribution in [0, 0.1) is 5.92 Å². The Bertz CT molecular complexity index is 398. The average molecular weight is 414 g/mol. The first-order valence-corrected chi connectivity index (χ1v) is 12.0. The van der Waals surface area contributed by atoms with Crippen molar-refractivity contribution in [2.75, 3.05) is 13.7 Å². The van der Waals surface area contributed by atoms with Gasteiger partial charge in [0.1, 0.15) is 6.04 Å². The fourth-order valence-corrected chi connectivity index (χ4v) is 3.46.